The molecule has 23 heavy (non-hydrogen) atoms. The summed E-state index contributed by atoms with van der Waals surface area (Å²) in [6.45, 7) is -0.145. The zero-order chi connectivity index (χ0) is 17.0. The summed E-state index contributed by atoms with van der Waals surface area (Å²) in [4.78, 5) is 13.8. The third-order valence-corrected chi connectivity index (χ3v) is 3.44. The third kappa shape index (κ3) is 4.04. The minimum atomic E-state index is -0.968. The van der Waals surface area contributed by atoms with Crippen LogP contribution in [-0.2, 0) is 0 Å². The third-order valence-electron chi connectivity index (χ3n) is 3.44. The SMILES string of the molecule is CN(C)c1ccc([C@H](O)CNC(=O)c2c(F)cccc2F)cc1. The number of hydrogen-bond acceptors (Lipinski definition) is 3. The molecular weight excluding hydrogens is 302 g/mol. The minimum Gasteiger partial charge on any atom is -0.387 e. The van der Waals surface area contributed by atoms with Crippen LogP contribution in [0.15, 0.2) is 42.5 Å². The maximum absolute atomic E-state index is 13.5. The zero-order valence-corrected chi connectivity index (χ0v) is 12.9. The monoisotopic (exact) mass is 320 g/mol. The summed E-state index contributed by atoms with van der Waals surface area (Å²) in [5.74, 6) is -2.77. The summed E-state index contributed by atoms with van der Waals surface area (Å²) in [6, 6.07) is 10.3. The first-order valence-corrected chi connectivity index (χ1v) is 7.07. The van der Waals surface area contributed by atoms with Crippen LogP contribution in [-0.4, -0.2) is 31.7 Å². The summed E-state index contributed by atoms with van der Waals surface area (Å²) in [5, 5.41) is 12.4. The van der Waals surface area contributed by atoms with E-state index in [4.69, 9.17) is 0 Å². The standard InChI is InChI=1S/C17H18F2N2O2/c1-21(2)12-8-6-11(7-9-12)15(22)10-20-17(23)16-13(18)4-3-5-14(16)19/h3-9,15,22H,10H2,1-2H3,(H,20,23)/t15-/m1/s1. The first-order valence-electron chi connectivity index (χ1n) is 7.07. The Morgan fingerprint density at radius 1 is 1.13 bits per heavy atom. The molecule has 0 aliphatic rings. The molecular formula is C17H18F2N2O2. The van der Waals surface area contributed by atoms with Crippen LogP contribution in [0.4, 0.5) is 14.5 Å². The van der Waals surface area contributed by atoms with Crippen molar-refractivity contribution in [3.63, 3.8) is 0 Å². The summed E-state index contributed by atoms with van der Waals surface area (Å²) in [5.41, 5.74) is 0.922. The minimum absolute atomic E-state index is 0.145. The van der Waals surface area contributed by atoms with Gasteiger partial charge in [-0.05, 0) is 29.8 Å². The molecule has 0 heterocycles. The van der Waals surface area contributed by atoms with E-state index in [2.05, 4.69) is 5.32 Å². The number of rotatable bonds is 5. The normalized spacial score (nSPS) is 11.9. The van der Waals surface area contributed by atoms with Gasteiger partial charge in [0.25, 0.3) is 5.91 Å². The quantitative estimate of drug-likeness (QED) is 0.890. The molecule has 0 saturated heterocycles. The number of aliphatic hydroxyl groups is 1. The van der Waals surface area contributed by atoms with Crippen LogP contribution >= 0.6 is 0 Å². The molecule has 0 aliphatic heterocycles. The lowest BCUT2D eigenvalue weighted by Gasteiger charge is -2.16. The molecule has 0 radical (unpaired) electrons. The van der Waals surface area contributed by atoms with Gasteiger partial charge in [0.2, 0.25) is 0 Å². The highest BCUT2D eigenvalue weighted by atomic mass is 19.1. The van der Waals surface area contributed by atoms with Crippen molar-refractivity contribution in [1.29, 1.82) is 0 Å². The van der Waals surface area contributed by atoms with Crippen molar-refractivity contribution < 1.29 is 18.7 Å². The largest absolute Gasteiger partial charge is 0.387 e. The second-order valence-corrected chi connectivity index (χ2v) is 5.31. The Hall–Kier alpha value is -2.47. The van der Waals surface area contributed by atoms with Gasteiger partial charge in [-0.25, -0.2) is 8.78 Å². The van der Waals surface area contributed by atoms with E-state index in [1.165, 1.54) is 6.07 Å². The number of carbonyl (C=O) groups is 1. The van der Waals surface area contributed by atoms with Gasteiger partial charge in [-0.3, -0.25) is 4.79 Å². The molecule has 0 spiro atoms. The van der Waals surface area contributed by atoms with Crippen molar-refractivity contribution in [3.05, 3.63) is 65.2 Å². The Kier molecular flexibility index (Phi) is 5.28. The fourth-order valence-corrected chi connectivity index (χ4v) is 2.10. The number of amides is 1. The molecule has 0 fully saturated rings. The Labute approximate surface area is 133 Å². The molecule has 0 bridgehead atoms. The number of hydrogen-bond donors (Lipinski definition) is 2. The molecule has 2 N–H and O–H groups in total. The molecule has 0 saturated carbocycles. The number of benzene rings is 2. The second kappa shape index (κ2) is 7.19. The molecule has 2 aromatic rings. The fraction of sp³-hybridized carbons (Fsp3) is 0.235. The number of anilines is 1. The van der Waals surface area contributed by atoms with Crippen LogP contribution < -0.4 is 10.2 Å². The number of aliphatic hydroxyl groups excluding tert-OH is 1. The molecule has 0 unspecified atom stereocenters. The van der Waals surface area contributed by atoms with Crippen LogP contribution in [0.3, 0.4) is 0 Å². The number of halogens is 2. The second-order valence-electron chi connectivity index (χ2n) is 5.31. The van der Waals surface area contributed by atoms with Gasteiger partial charge in [0.15, 0.2) is 0 Å². The van der Waals surface area contributed by atoms with Crippen LogP contribution in [0.25, 0.3) is 0 Å². The predicted octanol–water partition coefficient (Wildman–Crippen LogP) is 2.49. The van der Waals surface area contributed by atoms with Crippen LogP contribution in [0.5, 0.6) is 0 Å². The Bertz CT molecular complexity index is 667. The van der Waals surface area contributed by atoms with Gasteiger partial charge < -0.3 is 15.3 Å². The lowest BCUT2D eigenvalue weighted by Crippen LogP contribution is -2.29. The van der Waals surface area contributed by atoms with Gasteiger partial charge in [-0.1, -0.05) is 18.2 Å². The van der Waals surface area contributed by atoms with E-state index >= 15 is 0 Å². The molecule has 122 valence electrons. The van der Waals surface area contributed by atoms with Crippen molar-refractivity contribution in [3.8, 4) is 0 Å². The van der Waals surface area contributed by atoms with Gasteiger partial charge in [-0.15, -0.1) is 0 Å². The van der Waals surface area contributed by atoms with E-state index in [1.54, 1.807) is 12.1 Å². The van der Waals surface area contributed by atoms with Gasteiger partial charge >= 0.3 is 0 Å². The highest BCUT2D eigenvalue weighted by Crippen LogP contribution is 2.18. The smallest absolute Gasteiger partial charge is 0.257 e. The van der Waals surface area contributed by atoms with Crippen molar-refractivity contribution in [2.75, 3.05) is 25.5 Å². The molecule has 2 aromatic carbocycles. The van der Waals surface area contributed by atoms with Gasteiger partial charge in [0, 0.05) is 26.3 Å². The van der Waals surface area contributed by atoms with Gasteiger partial charge in [0.05, 0.1) is 6.10 Å². The van der Waals surface area contributed by atoms with Gasteiger partial charge in [0.1, 0.15) is 17.2 Å². The van der Waals surface area contributed by atoms with Crippen molar-refractivity contribution >= 4 is 11.6 Å². The van der Waals surface area contributed by atoms with Crippen LogP contribution in [0.1, 0.15) is 22.0 Å². The lowest BCUT2D eigenvalue weighted by atomic mass is 10.1. The molecule has 1 amide bonds. The van der Waals surface area contributed by atoms with E-state index in [0.29, 0.717) is 5.56 Å². The molecule has 6 heteroatoms. The maximum atomic E-state index is 13.5. The first-order chi connectivity index (χ1) is 10.9. The summed E-state index contributed by atoms with van der Waals surface area (Å²) in [7, 11) is 3.79. The first kappa shape index (κ1) is 16.9. The van der Waals surface area contributed by atoms with E-state index in [1.807, 2.05) is 31.1 Å². The average Bonchev–Trinajstić information content (AvgIpc) is 2.52. The summed E-state index contributed by atoms with van der Waals surface area (Å²) >= 11 is 0. The van der Waals surface area contributed by atoms with Crippen LogP contribution in [0.2, 0.25) is 0 Å². The molecule has 0 aliphatic carbocycles. The number of nitrogens with zero attached hydrogens (tertiary/aromatic N) is 1. The fourth-order valence-electron chi connectivity index (χ4n) is 2.10. The predicted molar refractivity (Wildman–Crippen MR) is 84.4 cm³/mol. The summed E-state index contributed by atoms with van der Waals surface area (Å²) < 4.78 is 27.0. The average molecular weight is 320 g/mol. The molecule has 2 rings (SSSR count). The molecule has 1 atom stereocenters. The van der Waals surface area contributed by atoms with E-state index in [0.717, 1.165) is 17.8 Å². The van der Waals surface area contributed by atoms with Crippen molar-refractivity contribution in [2.24, 2.45) is 0 Å². The topological polar surface area (TPSA) is 52.6 Å². The number of nitrogens with one attached hydrogen (secondary N) is 1. The Morgan fingerprint density at radius 2 is 1.70 bits per heavy atom. The van der Waals surface area contributed by atoms with E-state index in [-0.39, 0.29) is 6.54 Å². The highest BCUT2D eigenvalue weighted by Gasteiger charge is 2.18. The van der Waals surface area contributed by atoms with E-state index in [9.17, 15) is 18.7 Å². The molecule has 4 nitrogen and oxygen atoms in total. The lowest BCUT2D eigenvalue weighted by molar-refractivity contribution is 0.0908. The van der Waals surface area contributed by atoms with Crippen molar-refractivity contribution in [1.82, 2.24) is 5.32 Å². The zero-order valence-electron chi connectivity index (χ0n) is 12.9. The number of carbonyl (C=O) groups excluding carboxylic acids is 1. The van der Waals surface area contributed by atoms with Crippen LogP contribution in [0, 0.1) is 11.6 Å². The van der Waals surface area contributed by atoms with Gasteiger partial charge in [-0.2, -0.15) is 0 Å². The summed E-state index contributed by atoms with van der Waals surface area (Å²) in [6.07, 6.45) is -0.968. The van der Waals surface area contributed by atoms with E-state index < -0.39 is 29.2 Å². The maximum Gasteiger partial charge on any atom is 0.257 e. The Balaban J connectivity index is 2.01. The molecule has 0 aromatic heterocycles. The highest BCUT2D eigenvalue weighted by molar-refractivity contribution is 5.94. The van der Waals surface area contributed by atoms with Crippen molar-refractivity contribution in [2.45, 2.75) is 6.10 Å². The Morgan fingerprint density at radius 3 is 2.22 bits per heavy atom.